The Balaban J connectivity index is 1.36. The van der Waals surface area contributed by atoms with E-state index in [0.29, 0.717) is 26.1 Å². The number of nitrogens with zero attached hydrogens (tertiary/aromatic N) is 2. The van der Waals surface area contributed by atoms with Crippen molar-refractivity contribution < 1.29 is 28.2 Å². The Kier molecular flexibility index (Phi) is 6.62. The molecule has 2 atom stereocenters. The van der Waals surface area contributed by atoms with Crippen LogP contribution in [0.2, 0.25) is 0 Å². The lowest BCUT2D eigenvalue weighted by atomic mass is 10.0. The molecule has 2 amide bonds. The number of ether oxygens (including phenoxy) is 3. The van der Waals surface area contributed by atoms with Gasteiger partial charge >= 0.3 is 12.2 Å². The fourth-order valence-corrected chi connectivity index (χ4v) is 3.26. The molecule has 0 radical (unpaired) electrons. The van der Waals surface area contributed by atoms with Gasteiger partial charge in [0.05, 0.1) is 31.8 Å². The lowest BCUT2D eigenvalue weighted by Gasteiger charge is -2.42. The predicted molar refractivity (Wildman–Crippen MR) is 104 cm³/mol. The van der Waals surface area contributed by atoms with E-state index in [9.17, 15) is 14.0 Å². The summed E-state index contributed by atoms with van der Waals surface area (Å²) in [5.74, 6) is 0. The number of hydrogen-bond acceptors (Lipinski definition) is 5. The van der Waals surface area contributed by atoms with Crippen molar-refractivity contribution in [3.63, 3.8) is 0 Å². The van der Waals surface area contributed by atoms with Crippen LogP contribution in [-0.4, -0.2) is 72.1 Å². The summed E-state index contributed by atoms with van der Waals surface area (Å²) in [5.41, 5.74) is 0.312. The molecule has 0 spiro atoms. The molecule has 1 aromatic carbocycles. The minimum Gasteiger partial charge on any atom is -0.445 e. The van der Waals surface area contributed by atoms with Gasteiger partial charge in [0.15, 0.2) is 0 Å². The maximum atomic E-state index is 14.5. The zero-order valence-electron chi connectivity index (χ0n) is 17.2. The highest BCUT2D eigenvalue weighted by Gasteiger charge is 2.39. The van der Waals surface area contributed by atoms with Crippen LogP contribution in [0.5, 0.6) is 0 Å². The average Bonchev–Trinajstić information content (AvgIpc) is 2.62. The summed E-state index contributed by atoms with van der Waals surface area (Å²) >= 11 is 0. The summed E-state index contributed by atoms with van der Waals surface area (Å²) in [6.45, 7) is 6.66. The summed E-state index contributed by atoms with van der Waals surface area (Å²) in [6, 6.07) is 9.45. The number of alkyl halides is 1. The van der Waals surface area contributed by atoms with Crippen LogP contribution in [0.1, 0.15) is 32.8 Å². The Morgan fingerprint density at radius 2 is 1.76 bits per heavy atom. The zero-order chi connectivity index (χ0) is 21.0. The summed E-state index contributed by atoms with van der Waals surface area (Å²) in [6.07, 6.45) is -2.58. The molecule has 0 saturated carbocycles. The van der Waals surface area contributed by atoms with Gasteiger partial charge in [-0.05, 0) is 32.8 Å². The lowest BCUT2D eigenvalue weighted by Crippen LogP contribution is -2.58. The van der Waals surface area contributed by atoms with Gasteiger partial charge in [-0.3, -0.25) is 0 Å². The number of likely N-dealkylation sites (tertiary alicyclic amines) is 2. The molecule has 1 aromatic rings. The van der Waals surface area contributed by atoms with E-state index >= 15 is 0 Å². The van der Waals surface area contributed by atoms with Gasteiger partial charge in [-0.2, -0.15) is 0 Å². The van der Waals surface area contributed by atoms with Crippen molar-refractivity contribution in [3.8, 4) is 0 Å². The van der Waals surface area contributed by atoms with Crippen molar-refractivity contribution in [2.75, 3.05) is 26.2 Å². The summed E-state index contributed by atoms with van der Waals surface area (Å²) < 4.78 is 30.9. The molecule has 0 N–H and O–H groups in total. The Morgan fingerprint density at radius 1 is 1.07 bits per heavy atom. The molecule has 2 saturated heterocycles. The number of piperidine rings is 1. The molecule has 29 heavy (non-hydrogen) atoms. The standard InChI is InChI=1S/C21H29FN2O5/c1-21(2,3)29-20(26)23-10-9-18(17(22)13-23)28-16-11-24(12-16)19(25)27-14-15-7-5-4-6-8-15/h4-8,16-18H,9-14H2,1-3H3/t17-,18+/m1/s1. The Morgan fingerprint density at radius 3 is 2.38 bits per heavy atom. The highest BCUT2D eigenvalue weighted by Crippen LogP contribution is 2.24. The van der Waals surface area contributed by atoms with Crippen LogP contribution in [0.25, 0.3) is 0 Å². The molecule has 0 aliphatic carbocycles. The Labute approximate surface area is 170 Å². The molecule has 3 rings (SSSR count). The topological polar surface area (TPSA) is 68.3 Å². The molecule has 8 heteroatoms. The molecule has 2 aliphatic heterocycles. The number of halogens is 1. The molecule has 160 valence electrons. The lowest BCUT2D eigenvalue weighted by molar-refractivity contribution is -0.125. The van der Waals surface area contributed by atoms with E-state index in [1.165, 1.54) is 9.80 Å². The van der Waals surface area contributed by atoms with Crippen molar-refractivity contribution in [2.45, 2.75) is 57.8 Å². The average molecular weight is 408 g/mol. The molecule has 2 heterocycles. The molecular weight excluding hydrogens is 379 g/mol. The van der Waals surface area contributed by atoms with Gasteiger partial charge in [0, 0.05) is 6.54 Å². The minimum absolute atomic E-state index is 0.0465. The predicted octanol–water partition coefficient (Wildman–Crippen LogP) is 3.37. The second kappa shape index (κ2) is 8.98. The fraction of sp³-hybridized carbons (Fsp3) is 0.619. The fourth-order valence-electron chi connectivity index (χ4n) is 3.26. The van der Waals surface area contributed by atoms with Crippen molar-refractivity contribution in [3.05, 3.63) is 35.9 Å². The van der Waals surface area contributed by atoms with Crippen LogP contribution >= 0.6 is 0 Å². The van der Waals surface area contributed by atoms with Crippen molar-refractivity contribution in [2.24, 2.45) is 0 Å². The number of benzene rings is 1. The van der Waals surface area contributed by atoms with Crippen LogP contribution in [0.4, 0.5) is 14.0 Å². The third kappa shape index (κ3) is 6.06. The van der Waals surface area contributed by atoms with Crippen LogP contribution < -0.4 is 0 Å². The second-order valence-electron chi connectivity index (χ2n) is 8.47. The Hall–Kier alpha value is -2.35. The molecule has 0 bridgehead atoms. The monoisotopic (exact) mass is 408 g/mol. The van der Waals surface area contributed by atoms with Gasteiger partial charge in [-0.1, -0.05) is 30.3 Å². The molecule has 0 unspecified atom stereocenters. The maximum Gasteiger partial charge on any atom is 0.410 e. The van der Waals surface area contributed by atoms with Gasteiger partial charge in [0.25, 0.3) is 0 Å². The molecular formula is C21H29FN2O5. The smallest absolute Gasteiger partial charge is 0.410 e. The van der Waals surface area contributed by atoms with Crippen molar-refractivity contribution >= 4 is 12.2 Å². The van der Waals surface area contributed by atoms with Crippen molar-refractivity contribution in [1.82, 2.24) is 9.80 Å². The number of carbonyl (C=O) groups excluding carboxylic acids is 2. The van der Waals surface area contributed by atoms with Crippen molar-refractivity contribution in [1.29, 1.82) is 0 Å². The third-order valence-electron chi connectivity index (χ3n) is 4.81. The van der Waals surface area contributed by atoms with Crippen LogP contribution in [-0.2, 0) is 20.8 Å². The number of carbonyl (C=O) groups is 2. The summed E-state index contributed by atoms with van der Waals surface area (Å²) in [7, 11) is 0. The van der Waals surface area contributed by atoms with Gasteiger partial charge in [0.2, 0.25) is 0 Å². The molecule has 2 aliphatic rings. The highest BCUT2D eigenvalue weighted by atomic mass is 19.1. The van der Waals surface area contributed by atoms with E-state index in [-0.39, 0.29) is 19.3 Å². The summed E-state index contributed by atoms with van der Waals surface area (Å²) in [4.78, 5) is 27.0. The SMILES string of the molecule is CC(C)(C)OC(=O)N1CC[C@H](OC2CN(C(=O)OCc3ccccc3)C2)[C@H](F)C1. The Bertz CT molecular complexity index is 703. The maximum absolute atomic E-state index is 14.5. The highest BCUT2D eigenvalue weighted by molar-refractivity contribution is 5.69. The molecule has 0 aromatic heterocycles. The van der Waals surface area contributed by atoms with Gasteiger partial charge < -0.3 is 24.0 Å². The van der Waals surface area contributed by atoms with E-state index in [1.807, 2.05) is 30.3 Å². The number of hydrogen-bond donors (Lipinski definition) is 0. The van der Waals surface area contributed by atoms with Crippen LogP contribution in [0, 0.1) is 0 Å². The van der Waals surface area contributed by atoms with Crippen LogP contribution in [0.15, 0.2) is 30.3 Å². The zero-order valence-corrected chi connectivity index (χ0v) is 17.2. The third-order valence-corrected chi connectivity index (χ3v) is 4.81. The minimum atomic E-state index is -1.28. The van der Waals surface area contributed by atoms with E-state index in [2.05, 4.69) is 0 Å². The van der Waals surface area contributed by atoms with Gasteiger partial charge in [-0.25, -0.2) is 14.0 Å². The first-order chi connectivity index (χ1) is 13.7. The van der Waals surface area contributed by atoms with Crippen LogP contribution in [0.3, 0.4) is 0 Å². The first kappa shape index (κ1) is 21.4. The van der Waals surface area contributed by atoms with E-state index in [0.717, 1.165) is 5.56 Å². The number of rotatable bonds is 4. The molecule has 2 fully saturated rings. The first-order valence-corrected chi connectivity index (χ1v) is 9.94. The summed E-state index contributed by atoms with van der Waals surface area (Å²) in [5, 5.41) is 0. The van der Waals surface area contributed by atoms with E-state index in [1.54, 1.807) is 20.8 Å². The van der Waals surface area contributed by atoms with E-state index in [4.69, 9.17) is 14.2 Å². The largest absolute Gasteiger partial charge is 0.445 e. The first-order valence-electron chi connectivity index (χ1n) is 9.94. The quantitative estimate of drug-likeness (QED) is 0.764. The van der Waals surface area contributed by atoms with E-state index < -0.39 is 30.1 Å². The second-order valence-corrected chi connectivity index (χ2v) is 8.47. The van der Waals surface area contributed by atoms with Gasteiger partial charge in [0.1, 0.15) is 18.4 Å². The number of amides is 2. The molecule has 7 nitrogen and oxygen atoms in total. The van der Waals surface area contributed by atoms with Gasteiger partial charge in [-0.15, -0.1) is 0 Å². The normalized spacial score (nSPS) is 22.8.